The first-order valence-electron chi connectivity index (χ1n) is 6.08. The van der Waals surface area contributed by atoms with Crippen molar-refractivity contribution < 1.29 is 9.90 Å². The minimum atomic E-state index is -0.717. The average Bonchev–Trinajstić information content (AvgIpc) is 2.35. The first kappa shape index (κ1) is 13.5. The van der Waals surface area contributed by atoms with Gasteiger partial charge in [-0.1, -0.05) is 43.3 Å². The molecule has 0 aromatic heterocycles. The number of carboxylic acids is 1. The second-order valence-corrected chi connectivity index (χ2v) is 4.28. The molecule has 0 aliphatic heterocycles. The lowest BCUT2D eigenvalue weighted by Crippen LogP contribution is -2.22. The molecule has 2 heteroatoms. The molecule has 1 aromatic rings. The van der Waals surface area contributed by atoms with Crippen LogP contribution in [0.4, 0.5) is 0 Å². The SMILES string of the molecule is C=C[C@@H](CCc1ccccc1)[C@H](CC)C(=O)O. The van der Waals surface area contributed by atoms with Gasteiger partial charge >= 0.3 is 5.97 Å². The zero-order chi connectivity index (χ0) is 12.7. The topological polar surface area (TPSA) is 37.3 Å². The molecule has 0 heterocycles. The number of aliphatic carboxylic acids is 1. The Labute approximate surface area is 103 Å². The summed E-state index contributed by atoms with van der Waals surface area (Å²) in [5, 5.41) is 9.12. The van der Waals surface area contributed by atoms with Crippen molar-refractivity contribution in [2.24, 2.45) is 11.8 Å². The van der Waals surface area contributed by atoms with Gasteiger partial charge < -0.3 is 5.11 Å². The zero-order valence-electron chi connectivity index (χ0n) is 10.3. The highest BCUT2D eigenvalue weighted by Crippen LogP contribution is 2.22. The van der Waals surface area contributed by atoms with Crippen LogP contribution in [0, 0.1) is 11.8 Å². The fourth-order valence-corrected chi connectivity index (χ4v) is 2.12. The number of allylic oxidation sites excluding steroid dienone is 1. The van der Waals surface area contributed by atoms with Gasteiger partial charge in [0, 0.05) is 0 Å². The van der Waals surface area contributed by atoms with Gasteiger partial charge in [-0.2, -0.15) is 0 Å². The summed E-state index contributed by atoms with van der Waals surface area (Å²) in [6.07, 6.45) is 4.19. The predicted octanol–water partition coefficient (Wildman–Crippen LogP) is 3.53. The summed E-state index contributed by atoms with van der Waals surface area (Å²) >= 11 is 0. The van der Waals surface area contributed by atoms with E-state index in [1.807, 2.05) is 25.1 Å². The second kappa shape index (κ2) is 6.89. The summed E-state index contributed by atoms with van der Waals surface area (Å²) in [6, 6.07) is 10.1. The van der Waals surface area contributed by atoms with Crippen molar-refractivity contribution in [2.75, 3.05) is 0 Å². The molecular weight excluding hydrogens is 212 g/mol. The van der Waals surface area contributed by atoms with E-state index < -0.39 is 5.97 Å². The number of benzene rings is 1. The third kappa shape index (κ3) is 4.06. The van der Waals surface area contributed by atoms with Crippen LogP contribution in [-0.2, 0) is 11.2 Å². The van der Waals surface area contributed by atoms with Crippen LogP contribution in [0.15, 0.2) is 43.0 Å². The maximum absolute atomic E-state index is 11.1. The highest BCUT2D eigenvalue weighted by molar-refractivity contribution is 5.70. The van der Waals surface area contributed by atoms with Crippen molar-refractivity contribution in [1.82, 2.24) is 0 Å². The molecule has 0 spiro atoms. The number of hydrogen-bond acceptors (Lipinski definition) is 1. The molecule has 0 bridgehead atoms. The first-order chi connectivity index (χ1) is 8.19. The van der Waals surface area contributed by atoms with Crippen molar-refractivity contribution in [3.8, 4) is 0 Å². The standard InChI is InChI=1S/C15H20O2/c1-3-13(14(4-2)15(16)17)11-10-12-8-6-5-7-9-12/h3,5-9,13-14H,1,4,10-11H2,2H3,(H,16,17)/t13-,14-/m0/s1. The van der Waals surface area contributed by atoms with Crippen LogP contribution in [0.1, 0.15) is 25.3 Å². The minimum absolute atomic E-state index is 0.0534. The normalized spacial score (nSPS) is 13.9. The maximum Gasteiger partial charge on any atom is 0.307 e. The van der Waals surface area contributed by atoms with Gasteiger partial charge in [-0.3, -0.25) is 4.79 Å². The van der Waals surface area contributed by atoms with Crippen molar-refractivity contribution in [3.63, 3.8) is 0 Å². The van der Waals surface area contributed by atoms with Crippen molar-refractivity contribution in [1.29, 1.82) is 0 Å². The molecule has 0 unspecified atom stereocenters. The lowest BCUT2D eigenvalue weighted by atomic mass is 9.85. The molecule has 1 rings (SSSR count). The van der Waals surface area contributed by atoms with E-state index in [-0.39, 0.29) is 11.8 Å². The number of rotatable bonds is 7. The Kier molecular flexibility index (Phi) is 5.47. The van der Waals surface area contributed by atoms with Gasteiger partial charge in [-0.25, -0.2) is 0 Å². The fourth-order valence-electron chi connectivity index (χ4n) is 2.12. The summed E-state index contributed by atoms with van der Waals surface area (Å²) in [5.41, 5.74) is 1.25. The van der Waals surface area contributed by atoms with Gasteiger partial charge in [0.2, 0.25) is 0 Å². The van der Waals surface area contributed by atoms with Gasteiger partial charge in [-0.05, 0) is 30.7 Å². The van der Waals surface area contributed by atoms with Crippen LogP contribution in [0.3, 0.4) is 0 Å². The van der Waals surface area contributed by atoms with Gasteiger partial charge in [0.05, 0.1) is 5.92 Å². The highest BCUT2D eigenvalue weighted by atomic mass is 16.4. The van der Waals surface area contributed by atoms with Crippen LogP contribution in [0.5, 0.6) is 0 Å². The quantitative estimate of drug-likeness (QED) is 0.730. The zero-order valence-corrected chi connectivity index (χ0v) is 10.3. The van der Waals surface area contributed by atoms with E-state index in [9.17, 15) is 4.79 Å². The van der Waals surface area contributed by atoms with Gasteiger partial charge in [-0.15, -0.1) is 6.58 Å². The Balaban J connectivity index is 2.58. The Morgan fingerprint density at radius 1 is 1.41 bits per heavy atom. The van der Waals surface area contributed by atoms with Crippen LogP contribution in [0.2, 0.25) is 0 Å². The van der Waals surface area contributed by atoms with Crippen LogP contribution in [-0.4, -0.2) is 11.1 Å². The van der Waals surface area contributed by atoms with E-state index in [1.165, 1.54) is 5.56 Å². The first-order valence-corrected chi connectivity index (χ1v) is 6.08. The van der Waals surface area contributed by atoms with Gasteiger partial charge in [0.1, 0.15) is 0 Å². The van der Waals surface area contributed by atoms with E-state index in [0.29, 0.717) is 6.42 Å². The second-order valence-electron chi connectivity index (χ2n) is 4.28. The van der Waals surface area contributed by atoms with Crippen LogP contribution >= 0.6 is 0 Å². The van der Waals surface area contributed by atoms with E-state index in [4.69, 9.17) is 5.11 Å². The van der Waals surface area contributed by atoms with Crippen molar-refractivity contribution in [3.05, 3.63) is 48.6 Å². The third-order valence-corrected chi connectivity index (χ3v) is 3.19. The Bertz CT molecular complexity index is 356. The van der Waals surface area contributed by atoms with Crippen molar-refractivity contribution in [2.45, 2.75) is 26.2 Å². The smallest absolute Gasteiger partial charge is 0.307 e. The molecule has 1 N–H and O–H groups in total. The molecule has 0 radical (unpaired) electrons. The molecule has 2 nitrogen and oxygen atoms in total. The Morgan fingerprint density at radius 2 is 2.06 bits per heavy atom. The molecule has 0 aliphatic carbocycles. The molecule has 0 saturated heterocycles. The lowest BCUT2D eigenvalue weighted by molar-refractivity contribution is -0.143. The largest absolute Gasteiger partial charge is 0.481 e. The van der Waals surface area contributed by atoms with Crippen LogP contribution in [0.25, 0.3) is 0 Å². The fraction of sp³-hybridized carbons (Fsp3) is 0.400. The molecule has 1 aromatic carbocycles. The summed E-state index contributed by atoms with van der Waals surface area (Å²) in [4.78, 5) is 11.1. The Hall–Kier alpha value is -1.57. The highest BCUT2D eigenvalue weighted by Gasteiger charge is 2.23. The molecule has 0 fully saturated rings. The number of carboxylic acid groups (broad SMARTS) is 1. The van der Waals surface area contributed by atoms with E-state index in [0.717, 1.165) is 12.8 Å². The lowest BCUT2D eigenvalue weighted by Gasteiger charge is -2.19. The molecule has 17 heavy (non-hydrogen) atoms. The molecule has 0 amide bonds. The number of hydrogen-bond donors (Lipinski definition) is 1. The van der Waals surface area contributed by atoms with Crippen molar-refractivity contribution >= 4 is 5.97 Å². The van der Waals surface area contributed by atoms with Crippen LogP contribution < -0.4 is 0 Å². The summed E-state index contributed by atoms with van der Waals surface area (Å²) in [5.74, 6) is -0.973. The minimum Gasteiger partial charge on any atom is -0.481 e. The third-order valence-electron chi connectivity index (χ3n) is 3.19. The number of carbonyl (C=O) groups is 1. The molecule has 0 saturated carbocycles. The molecule has 0 aliphatic rings. The average molecular weight is 232 g/mol. The molecular formula is C15H20O2. The summed E-state index contributed by atoms with van der Waals surface area (Å²) < 4.78 is 0. The van der Waals surface area contributed by atoms with E-state index in [2.05, 4.69) is 18.7 Å². The van der Waals surface area contributed by atoms with Gasteiger partial charge in [0.25, 0.3) is 0 Å². The Morgan fingerprint density at radius 3 is 2.53 bits per heavy atom. The maximum atomic E-state index is 11.1. The predicted molar refractivity (Wildman–Crippen MR) is 69.9 cm³/mol. The molecule has 2 atom stereocenters. The summed E-state index contributed by atoms with van der Waals surface area (Å²) in [7, 11) is 0. The van der Waals surface area contributed by atoms with E-state index in [1.54, 1.807) is 6.08 Å². The summed E-state index contributed by atoms with van der Waals surface area (Å²) in [6.45, 7) is 5.68. The van der Waals surface area contributed by atoms with E-state index >= 15 is 0 Å². The number of aryl methyl sites for hydroxylation is 1. The monoisotopic (exact) mass is 232 g/mol. The molecule has 92 valence electrons. The van der Waals surface area contributed by atoms with Gasteiger partial charge in [0.15, 0.2) is 0 Å².